The Hall–Kier alpha value is -0.280. The maximum absolute atomic E-state index is 10.2. The second kappa shape index (κ2) is 5.45. The number of benzene rings is 1. The second-order valence-electron chi connectivity index (χ2n) is 2.46. The van der Waals surface area contributed by atoms with Gasteiger partial charge in [0.2, 0.25) is 0 Å². The van der Waals surface area contributed by atoms with Crippen LogP contribution in [0.5, 0.6) is 0 Å². The third-order valence-electron chi connectivity index (χ3n) is 1.52. The van der Waals surface area contributed by atoms with Gasteiger partial charge in [0.1, 0.15) is 6.61 Å². The molecule has 0 radical (unpaired) electrons. The van der Waals surface area contributed by atoms with Crippen molar-refractivity contribution in [3.05, 3.63) is 35.4 Å². The number of hydrogen-bond donors (Lipinski definition) is 1. The normalized spacial score (nSPS) is 11.4. The SMILES string of the molecule is O=[P+](O)OCc1ccc(CBr)cc1. The first-order valence-corrected chi connectivity index (χ1v) is 5.90. The Morgan fingerprint density at radius 2 is 1.85 bits per heavy atom. The number of halogens is 1. The molecule has 0 aliphatic carbocycles. The van der Waals surface area contributed by atoms with Crippen LogP contribution >= 0.6 is 24.2 Å². The molecule has 70 valence electrons. The molecular formula is C8H9BrO3P+. The Morgan fingerprint density at radius 1 is 1.31 bits per heavy atom. The van der Waals surface area contributed by atoms with E-state index in [1.165, 1.54) is 0 Å². The smallest absolute Gasteiger partial charge is 0.133 e. The van der Waals surface area contributed by atoms with Crippen LogP contribution in [-0.2, 0) is 21.0 Å². The third-order valence-corrected chi connectivity index (χ3v) is 2.52. The van der Waals surface area contributed by atoms with Gasteiger partial charge in [0.15, 0.2) is 0 Å². The molecule has 1 rings (SSSR count). The van der Waals surface area contributed by atoms with E-state index in [9.17, 15) is 4.57 Å². The van der Waals surface area contributed by atoms with Crippen molar-refractivity contribution in [2.45, 2.75) is 11.9 Å². The Kier molecular flexibility index (Phi) is 4.53. The van der Waals surface area contributed by atoms with Crippen molar-refractivity contribution in [3.8, 4) is 0 Å². The highest BCUT2D eigenvalue weighted by atomic mass is 79.9. The van der Waals surface area contributed by atoms with Gasteiger partial charge >= 0.3 is 8.25 Å². The number of rotatable bonds is 4. The van der Waals surface area contributed by atoms with Gasteiger partial charge in [0.25, 0.3) is 0 Å². The van der Waals surface area contributed by atoms with Crippen LogP contribution in [0.3, 0.4) is 0 Å². The maximum Gasteiger partial charge on any atom is 0.695 e. The minimum Gasteiger partial charge on any atom is -0.133 e. The van der Waals surface area contributed by atoms with Crippen LogP contribution < -0.4 is 0 Å². The molecule has 0 heterocycles. The van der Waals surface area contributed by atoms with Gasteiger partial charge in [-0.15, -0.1) is 9.42 Å². The molecule has 0 aliphatic heterocycles. The highest BCUT2D eigenvalue weighted by Gasteiger charge is 2.11. The zero-order valence-electron chi connectivity index (χ0n) is 6.81. The molecule has 13 heavy (non-hydrogen) atoms. The average molecular weight is 264 g/mol. The fourth-order valence-electron chi connectivity index (χ4n) is 0.854. The van der Waals surface area contributed by atoms with E-state index >= 15 is 0 Å². The van der Waals surface area contributed by atoms with Crippen LogP contribution in [0.25, 0.3) is 0 Å². The van der Waals surface area contributed by atoms with Gasteiger partial charge in [-0.3, -0.25) is 0 Å². The van der Waals surface area contributed by atoms with Crippen molar-refractivity contribution in [1.82, 2.24) is 0 Å². The topological polar surface area (TPSA) is 46.5 Å². The first-order chi connectivity index (χ1) is 6.22. The zero-order chi connectivity index (χ0) is 9.68. The summed E-state index contributed by atoms with van der Waals surface area (Å²) in [6.07, 6.45) is 0. The van der Waals surface area contributed by atoms with Crippen LogP contribution in [-0.4, -0.2) is 4.89 Å². The van der Waals surface area contributed by atoms with Crippen molar-refractivity contribution in [2.75, 3.05) is 0 Å². The van der Waals surface area contributed by atoms with Crippen LogP contribution in [0.4, 0.5) is 0 Å². The predicted octanol–water partition coefficient (Wildman–Crippen LogP) is 2.75. The van der Waals surface area contributed by atoms with Crippen molar-refractivity contribution in [2.24, 2.45) is 0 Å². The van der Waals surface area contributed by atoms with E-state index in [1.807, 2.05) is 24.3 Å². The monoisotopic (exact) mass is 263 g/mol. The first-order valence-electron chi connectivity index (χ1n) is 3.65. The van der Waals surface area contributed by atoms with Gasteiger partial charge in [-0.1, -0.05) is 40.2 Å². The van der Waals surface area contributed by atoms with E-state index in [1.54, 1.807) is 0 Å². The summed E-state index contributed by atoms with van der Waals surface area (Å²) in [5.41, 5.74) is 2.05. The lowest BCUT2D eigenvalue weighted by atomic mass is 10.2. The molecule has 0 aromatic heterocycles. The van der Waals surface area contributed by atoms with E-state index in [2.05, 4.69) is 20.5 Å². The van der Waals surface area contributed by atoms with E-state index in [0.29, 0.717) is 0 Å². The number of hydrogen-bond acceptors (Lipinski definition) is 2. The third kappa shape index (κ3) is 3.96. The Bertz CT molecular complexity index is 286. The molecular weight excluding hydrogens is 255 g/mol. The molecule has 5 heteroatoms. The molecule has 1 N–H and O–H groups in total. The molecule has 0 fully saturated rings. The summed E-state index contributed by atoms with van der Waals surface area (Å²) in [5, 5.41) is 0.808. The van der Waals surface area contributed by atoms with Crippen molar-refractivity contribution in [1.29, 1.82) is 0 Å². The highest BCUT2D eigenvalue weighted by molar-refractivity contribution is 9.08. The lowest BCUT2D eigenvalue weighted by molar-refractivity contribution is 0.272. The quantitative estimate of drug-likeness (QED) is 0.671. The lowest BCUT2D eigenvalue weighted by Crippen LogP contribution is -1.86. The summed E-state index contributed by atoms with van der Waals surface area (Å²) in [6, 6.07) is 7.63. The predicted molar refractivity (Wildman–Crippen MR) is 53.7 cm³/mol. The summed E-state index contributed by atoms with van der Waals surface area (Å²) >= 11 is 3.33. The molecule has 0 saturated heterocycles. The molecule has 0 spiro atoms. The van der Waals surface area contributed by atoms with E-state index in [0.717, 1.165) is 16.5 Å². The molecule has 0 amide bonds. The van der Waals surface area contributed by atoms with Gasteiger partial charge in [-0.05, 0) is 11.1 Å². The Morgan fingerprint density at radius 3 is 2.31 bits per heavy atom. The van der Waals surface area contributed by atoms with Crippen molar-refractivity contribution in [3.63, 3.8) is 0 Å². The summed E-state index contributed by atoms with van der Waals surface area (Å²) in [5.74, 6) is 0. The molecule has 1 aromatic rings. The molecule has 3 nitrogen and oxygen atoms in total. The molecule has 1 aromatic carbocycles. The largest absolute Gasteiger partial charge is 0.695 e. The molecule has 1 unspecified atom stereocenters. The zero-order valence-corrected chi connectivity index (χ0v) is 9.29. The van der Waals surface area contributed by atoms with Crippen molar-refractivity contribution >= 4 is 24.2 Å². The van der Waals surface area contributed by atoms with Crippen molar-refractivity contribution < 1.29 is 14.0 Å². The molecule has 0 bridgehead atoms. The molecule has 0 saturated carbocycles. The summed E-state index contributed by atoms with van der Waals surface area (Å²) < 4.78 is 14.8. The van der Waals surface area contributed by atoms with Gasteiger partial charge in [-0.2, -0.15) is 0 Å². The Labute approximate surface area is 85.8 Å². The molecule has 0 aliphatic rings. The van der Waals surface area contributed by atoms with Gasteiger partial charge in [0.05, 0.1) is 0 Å². The van der Waals surface area contributed by atoms with E-state index in [-0.39, 0.29) is 6.61 Å². The highest BCUT2D eigenvalue weighted by Crippen LogP contribution is 2.18. The van der Waals surface area contributed by atoms with Crippen LogP contribution in [0.2, 0.25) is 0 Å². The minimum atomic E-state index is -2.49. The van der Waals surface area contributed by atoms with Crippen LogP contribution in [0.1, 0.15) is 11.1 Å². The minimum absolute atomic E-state index is 0.175. The van der Waals surface area contributed by atoms with Gasteiger partial charge in [0, 0.05) is 9.90 Å². The average Bonchev–Trinajstić information content (AvgIpc) is 2.15. The van der Waals surface area contributed by atoms with Gasteiger partial charge < -0.3 is 0 Å². The van der Waals surface area contributed by atoms with Gasteiger partial charge in [-0.25, -0.2) is 0 Å². The lowest BCUT2D eigenvalue weighted by Gasteiger charge is -1.96. The summed E-state index contributed by atoms with van der Waals surface area (Å²) in [7, 11) is -2.49. The fourth-order valence-corrected chi connectivity index (χ4v) is 1.49. The maximum atomic E-state index is 10.2. The van der Waals surface area contributed by atoms with Crippen LogP contribution in [0.15, 0.2) is 24.3 Å². The van der Waals surface area contributed by atoms with E-state index < -0.39 is 8.25 Å². The first kappa shape index (κ1) is 10.8. The number of alkyl halides is 1. The van der Waals surface area contributed by atoms with Crippen LogP contribution in [0, 0.1) is 0 Å². The summed E-state index contributed by atoms with van der Waals surface area (Å²) in [4.78, 5) is 8.39. The molecule has 1 atom stereocenters. The Balaban J connectivity index is 2.54. The van der Waals surface area contributed by atoms with E-state index in [4.69, 9.17) is 4.89 Å². The second-order valence-corrected chi connectivity index (χ2v) is 3.76. The standard InChI is InChI=1S/C8H8BrO3P/c9-5-7-1-3-8(4-2-7)6-12-13(10)11/h1-4H,5-6H2/p+1. The summed E-state index contributed by atoms with van der Waals surface area (Å²) in [6.45, 7) is 0.175. The fraction of sp³-hybridized carbons (Fsp3) is 0.250.